The molecule has 0 heterocycles. The molecule has 0 saturated heterocycles. The Morgan fingerprint density at radius 1 is 1.36 bits per heavy atom. The standard InChI is InChI=1S/C9H16N2/c1-7(2)5-6-9(10)8(3)11-4/h5-6,11H,3,10H2,1-2,4H3/b9-6+. The van der Waals surface area contributed by atoms with Gasteiger partial charge in [-0.15, -0.1) is 0 Å². The van der Waals surface area contributed by atoms with Crippen LogP contribution in [0, 0.1) is 0 Å². The quantitative estimate of drug-likeness (QED) is 0.602. The van der Waals surface area contributed by atoms with E-state index in [0.29, 0.717) is 5.70 Å². The maximum absolute atomic E-state index is 5.63. The Morgan fingerprint density at radius 2 is 1.91 bits per heavy atom. The third kappa shape index (κ3) is 4.25. The highest BCUT2D eigenvalue weighted by Gasteiger charge is 1.89. The highest BCUT2D eigenvalue weighted by Crippen LogP contribution is 1.97. The van der Waals surface area contributed by atoms with E-state index >= 15 is 0 Å². The Labute approximate surface area is 68.5 Å². The fraction of sp³-hybridized carbons (Fsp3) is 0.333. The third-order valence-corrected chi connectivity index (χ3v) is 1.25. The van der Waals surface area contributed by atoms with Crippen molar-refractivity contribution >= 4 is 0 Å². The molecule has 0 aromatic heterocycles. The average molecular weight is 152 g/mol. The summed E-state index contributed by atoms with van der Waals surface area (Å²) in [7, 11) is 1.80. The summed E-state index contributed by atoms with van der Waals surface area (Å²) in [6, 6.07) is 0. The fourth-order valence-electron chi connectivity index (χ4n) is 0.501. The minimum atomic E-state index is 0.675. The van der Waals surface area contributed by atoms with E-state index < -0.39 is 0 Å². The summed E-state index contributed by atoms with van der Waals surface area (Å²) >= 11 is 0. The van der Waals surface area contributed by atoms with Gasteiger partial charge < -0.3 is 11.1 Å². The SMILES string of the molecule is C=C(NC)/C(N)=C\C=C(C)C. The molecule has 0 radical (unpaired) electrons. The summed E-state index contributed by atoms with van der Waals surface area (Å²) in [4.78, 5) is 0. The van der Waals surface area contributed by atoms with Gasteiger partial charge in [0.15, 0.2) is 0 Å². The van der Waals surface area contributed by atoms with Gasteiger partial charge >= 0.3 is 0 Å². The van der Waals surface area contributed by atoms with Crippen LogP contribution in [0.4, 0.5) is 0 Å². The van der Waals surface area contributed by atoms with Crippen molar-refractivity contribution in [3.8, 4) is 0 Å². The molecule has 0 aliphatic rings. The highest BCUT2D eigenvalue weighted by molar-refractivity contribution is 5.27. The van der Waals surface area contributed by atoms with Crippen molar-refractivity contribution in [3.05, 3.63) is 35.7 Å². The van der Waals surface area contributed by atoms with Crippen molar-refractivity contribution in [1.29, 1.82) is 0 Å². The number of rotatable bonds is 3. The molecule has 0 aromatic rings. The van der Waals surface area contributed by atoms with Gasteiger partial charge in [0.25, 0.3) is 0 Å². The third-order valence-electron chi connectivity index (χ3n) is 1.25. The Morgan fingerprint density at radius 3 is 2.27 bits per heavy atom. The first-order valence-corrected chi connectivity index (χ1v) is 3.55. The van der Waals surface area contributed by atoms with E-state index in [2.05, 4.69) is 11.9 Å². The van der Waals surface area contributed by atoms with Gasteiger partial charge in [-0.1, -0.05) is 18.2 Å². The molecule has 0 bridgehead atoms. The lowest BCUT2D eigenvalue weighted by Crippen LogP contribution is -2.12. The molecule has 3 N–H and O–H groups in total. The number of likely N-dealkylation sites (N-methyl/N-ethyl adjacent to an activating group) is 1. The van der Waals surface area contributed by atoms with Crippen LogP contribution in [0.15, 0.2) is 35.7 Å². The molecule has 0 atom stereocenters. The van der Waals surface area contributed by atoms with Crippen molar-refractivity contribution in [1.82, 2.24) is 5.32 Å². The van der Waals surface area contributed by atoms with Crippen molar-refractivity contribution in [2.75, 3.05) is 7.05 Å². The van der Waals surface area contributed by atoms with E-state index in [9.17, 15) is 0 Å². The van der Waals surface area contributed by atoms with Gasteiger partial charge in [0, 0.05) is 12.7 Å². The Bertz CT molecular complexity index is 196. The van der Waals surface area contributed by atoms with E-state index in [1.165, 1.54) is 5.57 Å². The lowest BCUT2D eigenvalue weighted by Gasteiger charge is -2.02. The topological polar surface area (TPSA) is 38.0 Å². The zero-order valence-corrected chi connectivity index (χ0v) is 7.44. The van der Waals surface area contributed by atoms with Crippen molar-refractivity contribution < 1.29 is 0 Å². The highest BCUT2D eigenvalue weighted by atomic mass is 14.9. The molecule has 0 amide bonds. The Balaban J connectivity index is 4.23. The average Bonchev–Trinajstić information content (AvgIpc) is 1.98. The largest absolute Gasteiger partial charge is 0.397 e. The van der Waals surface area contributed by atoms with Gasteiger partial charge in [-0.05, 0) is 19.9 Å². The molecule has 0 aromatic carbocycles. The zero-order valence-electron chi connectivity index (χ0n) is 7.44. The van der Waals surface area contributed by atoms with Gasteiger partial charge in [0.1, 0.15) is 0 Å². The first-order chi connectivity index (χ1) is 5.07. The number of allylic oxidation sites excluding steroid dienone is 3. The van der Waals surface area contributed by atoms with E-state index in [-0.39, 0.29) is 0 Å². The lowest BCUT2D eigenvalue weighted by atomic mass is 10.2. The molecule has 0 unspecified atom stereocenters. The van der Waals surface area contributed by atoms with Crippen LogP contribution in [0.2, 0.25) is 0 Å². The second-order valence-electron chi connectivity index (χ2n) is 2.59. The van der Waals surface area contributed by atoms with Crippen molar-refractivity contribution in [2.24, 2.45) is 5.73 Å². The molecule has 62 valence electrons. The molecule has 0 aliphatic heterocycles. The predicted molar refractivity (Wildman–Crippen MR) is 49.9 cm³/mol. The Hall–Kier alpha value is -1.18. The number of hydrogen-bond acceptors (Lipinski definition) is 2. The van der Waals surface area contributed by atoms with Gasteiger partial charge in [0.2, 0.25) is 0 Å². The van der Waals surface area contributed by atoms with Crippen molar-refractivity contribution in [2.45, 2.75) is 13.8 Å². The smallest absolute Gasteiger partial charge is 0.0543 e. The van der Waals surface area contributed by atoms with Crippen LogP contribution in [0.3, 0.4) is 0 Å². The molecule has 11 heavy (non-hydrogen) atoms. The summed E-state index contributed by atoms with van der Waals surface area (Å²) in [5, 5.41) is 2.87. The number of nitrogens with two attached hydrogens (primary N) is 1. The molecule has 0 fully saturated rings. The van der Waals surface area contributed by atoms with E-state index in [1.807, 2.05) is 26.0 Å². The summed E-state index contributed by atoms with van der Waals surface area (Å²) in [5.41, 5.74) is 8.28. The van der Waals surface area contributed by atoms with Gasteiger partial charge in [-0.25, -0.2) is 0 Å². The fourth-order valence-corrected chi connectivity index (χ4v) is 0.501. The molecule has 0 spiro atoms. The molecule has 0 rings (SSSR count). The summed E-state index contributed by atoms with van der Waals surface area (Å²) in [6.45, 7) is 7.76. The summed E-state index contributed by atoms with van der Waals surface area (Å²) < 4.78 is 0. The van der Waals surface area contributed by atoms with E-state index in [1.54, 1.807) is 7.05 Å². The van der Waals surface area contributed by atoms with Gasteiger partial charge in [-0.2, -0.15) is 0 Å². The monoisotopic (exact) mass is 152 g/mol. The zero-order chi connectivity index (χ0) is 8.85. The molecular formula is C9H16N2. The molecule has 2 heteroatoms. The minimum Gasteiger partial charge on any atom is -0.397 e. The minimum absolute atomic E-state index is 0.675. The second kappa shape index (κ2) is 4.61. The molecule has 0 aliphatic carbocycles. The van der Waals surface area contributed by atoms with Crippen LogP contribution in [-0.2, 0) is 0 Å². The van der Waals surface area contributed by atoms with Crippen LogP contribution < -0.4 is 11.1 Å². The molecule has 0 saturated carbocycles. The maximum atomic E-state index is 5.63. The van der Waals surface area contributed by atoms with Crippen molar-refractivity contribution in [3.63, 3.8) is 0 Å². The summed E-state index contributed by atoms with van der Waals surface area (Å²) in [6.07, 6.45) is 3.80. The molecule has 2 nitrogen and oxygen atoms in total. The second-order valence-corrected chi connectivity index (χ2v) is 2.59. The van der Waals surface area contributed by atoms with E-state index in [4.69, 9.17) is 5.73 Å². The maximum Gasteiger partial charge on any atom is 0.0543 e. The Kier molecular flexibility index (Phi) is 4.11. The van der Waals surface area contributed by atoms with Gasteiger partial charge in [-0.3, -0.25) is 0 Å². The lowest BCUT2D eigenvalue weighted by molar-refractivity contribution is 0.996. The van der Waals surface area contributed by atoms with Crippen LogP contribution in [0.1, 0.15) is 13.8 Å². The number of nitrogens with one attached hydrogen (secondary N) is 1. The van der Waals surface area contributed by atoms with E-state index in [0.717, 1.165) is 5.70 Å². The number of hydrogen-bond donors (Lipinski definition) is 2. The van der Waals surface area contributed by atoms with Crippen LogP contribution in [0.25, 0.3) is 0 Å². The molecular weight excluding hydrogens is 136 g/mol. The summed E-state index contributed by atoms with van der Waals surface area (Å²) in [5.74, 6) is 0. The van der Waals surface area contributed by atoms with Gasteiger partial charge in [0.05, 0.1) is 5.70 Å². The van der Waals surface area contributed by atoms with Crippen LogP contribution in [0.5, 0.6) is 0 Å². The van der Waals surface area contributed by atoms with Crippen LogP contribution in [-0.4, -0.2) is 7.05 Å². The normalized spacial score (nSPS) is 10.6. The first kappa shape index (κ1) is 9.82. The van der Waals surface area contributed by atoms with Crippen LogP contribution >= 0.6 is 0 Å². The predicted octanol–water partition coefficient (Wildman–Crippen LogP) is 1.53. The first-order valence-electron chi connectivity index (χ1n) is 3.55.